The Morgan fingerprint density at radius 2 is 1.26 bits per heavy atom. The van der Waals surface area contributed by atoms with Crippen molar-refractivity contribution in [1.29, 1.82) is 0 Å². The van der Waals surface area contributed by atoms with Gasteiger partial charge in [-0.3, -0.25) is 4.79 Å². The summed E-state index contributed by atoms with van der Waals surface area (Å²) in [4.78, 5) is 30.7. The van der Waals surface area contributed by atoms with Gasteiger partial charge in [0.05, 0.1) is 5.97 Å². The van der Waals surface area contributed by atoms with Gasteiger partial charge in [-0.1, -0.05) is 30.8 Å². The monoisotopic (exact) mass is 312 g/mol. The minimum Gasteiger partial charge on any atom is -0.550 e. The number of Topliss-reactive ketones (excluding diaryl/α,β-unsaturated/α-hetero) is 1. The predicted octanol–water partition coefficient (Wildman–Crippen LogP) is -0.437. The first-order valence-electron chi connectivity index (χ1n) is 4.95. The van der Waals surface area contributed by atoms with E-state index in [-0.39, 0.29) is 30.8 Å². The molecule has 19 heavy (non-hydrogen) atoms. The second-order valence-electron chi connectivity index (χ2n) is 3.47. The Bertz CT molecular complexity index is 472. The van der Waals surface area contributed by atoms with Crippen LogP contribution >= 0.6 is 0 Å². The van der Waals surface area contributed by atoms with E-state index in [1.807, 2.05) is 0 Å². The standard InChI is InChI=1S/C11H10O3.C2H4O2.Zn/c1-7(2)10(12)8-3-5-9(6-4-8)11(13)14;1-2(3)4;/h3-6H,1H2,2H3,(H,13,14);1H3,(H,3,4);/q;;+2/p-2. The van der Waals surface area contributed by atoms with E-state index >= 15 is 0 Å². The summed E-state index contributed by atoms with van der Waals surface area (Å²) in [6, 6.07) is 5.57. The smallest absolute Gasteiger partial charge is 0.550 e. The third-order valence-electron chi connectivity index (χ3n) is 1.77. The van der Waals surface area contributed by atoms with E-state index in [2.05, 4.69) is 6.58 Å². The van der Waals surface area contributed by atoms with E-state index in [0.717, 1.165) is 6.92 Å². The number of carbonyl (C=O) groups excluding carboxylic acids is 3. The first kappa shape index (κ1) is 19.5. The van der Waals surface area contributed by atoms with Gasteiger partial charge in [-0.2, -0.15) is 0 Å². The number of hydrogen-bond donors (Lipinski definition) is 0. The van der Waals surface area contributed by atoms with Gasteiger partial charge in [-0.05, 0) is 25.0 Å². The molecule has 0 saturated carbocycles. The number of aromatic carboxylic acids is 1. The average Bonchev–Trinajstić information content (AvgIpc) is 2.27. The topological polar surface area (TPSA) is 97.3 Å². The number of ketones is 1. The van der Waals surface area contributed by atoms with E-state index in [0.29, 0.717) is 11.1 Å². The quantitative estimate of drug-likeness (QED) is 0.428. The number of carbonyl (C=O) groups is 3. The van der Waals surface area contributed by atoms with Gasteiger partial charge < -0.3 is 19.8 Å². The molecule has 6 heteroatoms. The molecule has 1 aromatic carbocycles. The van der Waals surface area contributed by atoms with Crippen molar-refractivity contribution >= 4 is 17.7 Å². The molecule has 1 aromatic rings. The molecule has 0 heterocycles. The molecule has 0 aliphatic heterocycles. The molecule has 5 nitrogen and oxygen atoms in total. The van der Waals surface area contributed by atoms with Crippen molar-refractivity contribution in [3.05, 3.63) is 47.5 Å². The van der Waals surface area contributed by atoms with E-state index in [4.69, 9.17) is 9.90 Å². The third kappa shape index (κ3) is 8.00. The summed E-state index contributed by atoms with van der Waals surface area (Å²) < 4.78 is 0. The summed E-state index contributed by atoms with van der Waals surface area (Å²) in [5.41, 5.74) is 0.914. The van der Waals surface area contributed by atoms with Crippen LogP contribution in [0.5, 0.6) is 0 Å². The number of rotatable bonds is 3. The van der Waals surface area contributed by atoms with Crippen molar-refractivity contribution in [2.75, 3.05) is 0 Å². The molecule has 0 aliphatic carbocycles. The Morgan fingerprint density at radius 1 is 0.947 bits per heavy atom. The molecule has 0 aliphatic rings. The Hall–Kier alpha value is -1.81. The van der Waals surface area contributed by atoms with E-state index in [9.17, 15) is 14.7 Å². The molecular formula is C13H12O5Zn. The van der Waals surface area contributed by atoms with Crippen LogP contribution in [0.2, 0.25) is 0 Å². The second-order valence-corrected chi connectivity index (χ2v) is 3.47. The first-order valence-corrected chi connectivity index (χ1v) is 4.95. The molecular weight excluding hydrogens is 302 g/mol. The van der Waals surface area contributed by atoms with Gasteiger partial charge in [-0.15, -0.1) is 0 Å². The van der Waals surface area contributed by atoms with E-state index in [1.165, 1.54) is 24.3 Å². The number of allylic oxidation sites excluding steroid dienone is 1. The summed E-state index contributed by atoms with van der Waals surface area (Å²) in [5, 5.41) is 19.3. The summed E-state index contributed by atoms with van der Waals surface area (Å²) in [5.74, 6) is -2.52. The van der Waals surface area contributed by atoms with Gasteiger partial charge in [0.1, 0.15) is 0 Å². The zero-order valence-corrected chi connectivity index (χ0v) is 13.7. The molecule has 1 rings (SSSR count). The fraction of sp³-hybridized carbons (Fsp3) is 0.154. The van der Waals surface area contributed by atoms with Gasteiger partial charge in [0.2, 0.25) is 0 Å². The zero-order valence-electron chi connectivity index (χ0n) is 10.8. The molecule has 0 fully saturated rings. The normalized spacial score (nSPS) is 8.32. The largest absolute Gasteiger partial charge is 2.00 e. The van der Waals surface area contributed by atoms with Gasteiger partial charge >= 0.3 is 19.5 Å². The predicted molar refractivity (Wildman–Crippen MR) is 60.6 cm³/mol. The zero-order chi connectivity index (χ0) is 14.3. The Balaban J connectivity index is 0. The minimum atomic E-state index is -1.25. The molecule has 0 unspecified atom stereocenters. The maximum absolute atomic E-state index is 11.4. The minimum absolute atomic E-state index is 0. The number of benzene rings is 1. The van der Waals surface area contributed by atoms with Gasteiger partial charge in [0.25, 0.3) is 0 Å². The van der Waals surface area contributed by atoms with E-state index < -0.39 is 11.9 Å². The Morgan fingerprint density at radius 3 is 1.53 bits per heavy atom. The Labute approximate surface area is 123 Å². The number of carboxylic acid groups (broad SMARTS) is 2. The number of aliphatic carboxylic acids is 1. The van der Waals surface area contributed by atoms with Crippen LogP contribution in [0, 0.1) is 0 Å². The van der Waals surface area contributed by atoms with Crippen molar-refractivity contribution in [1.82, 2.24) is 0 Å². The SMILES string of the molecule is C=C(C)C(=O)c1ccc(C(=O)[O-])cc1.CC(=O)[O-].[Zn+2]. The maximum Gasteiger partial charge on any atom is 2.00 e. The van der Waals surface area contributed by atoms with Crippen molar-refractivity contribution in [2.24, 2.45) is 0 Å². The molecule has 0 amide bonds. The van der Waals surface area contributed by atoms with Crippen LogP contribution in [0.1, 0.15) is 34.6 Å². The average molecular weight is 314 g/mol. The van der Waals surface area contributed by atoms with Crippen molar-refractivity contribution < 1.29 is 44.1 Å². The molecule has 0 bridgehead atoms. The van der Waals surface area contributed by atoms with E-state index in [1.54, 1.807) is 6.92 Å². The molecule has 0 aromatic heterocycles. The third-order valence-corrected chi connectivity index (χ3v) is 1.77. The first-order chi connectivity index (χ1) is 8.25. The van der Waals surface area contributed by atoms with Gasteiger partial charge in [-0.25, -0.2) is 0 Å². The fourth-order valence-electron chi connectivity index (χ4n) is 1.00. The molecule has 0 N–H and O–H groups in total. The van der Waals surface area contributed by atoms with Crippen molar-refractivity contribution in [3.8, 4) is 0 Å². The maximum atomic E-state index is 11.4. The summed E-state index contributed by atoms with van der Waals surface area (Å²) in [6.07, 6.45) is 0. The number of hydrogen-bond acceptors (Lipinski definition) is 5. The molecule has 0 atom stereocenters. The number of carboxylic acids is 2. The van der Waals surface area contributed by atoms with Crippen LogP contribution in [-0.4, -0.2) is 17.7 Å². The molecule has 0 radical (unpaired) electrons. The molecule has 96 valence electrons. The second kappa shape index (κ2) is 9.17. The van der Waals surface area contributed by atoms with Crippen LogP contribution in [0.25, 0.3) is 0 Å². The molecule has 0 saturated heterocycles. The van der Waals surface area contributed by atoms with Crippen LogP contribution < -0.4 is 10.2 Å². The Kier molecular flexibility index (Phi) is 9.42. The van der Waals surface area contributed by atoms with Crippen LogP contribution in [0.15, 0.2) is 36.4 Å². The summed E-state index contributed by atoms with van der Waals surface area (Å²) in [6.45, 7) is 6.09. The van der Waals surface area contributed by atoms with Crippen LogP contribution in [0.4, 0.5) is 0 Å². The van der Waals surface area contributed by atoms with Crippen molar-refractivity contribution in [3.63, 3.8) is 0 Å². The van der Waals surface area contributed by atoms with Crippen molar-refractivity contribution in [2.45, 2.75) is 13.8 Å². The van der Waals surface area contributed by atoms with Crippen LogP contribution in [-0.2, 0) is 24.3 Å². The van der Waals surface area contributed by atoms with Crippen LogP contribution in [0.3, 0.4) is 0 Å². The summed E-state index contributed by atoms with van der Waals surface area (Å²) >= 11 is 0. The summed E-state index contributed by atoms with van der Waals surface area (Å²) in [7, 11) is 0. The van der Waals surface area contributed by atoms with Gasteiger partial charge in [0.15, 0.2) is 5.78 Å². The van der Waals surface area contributed by atoms with Gasteiger partial charge in [0, 0.05) is 11.5 Å². The fourth-order valence-corrected chi connectivity index (χ4v) is 1.00. The molecule has 0 spiro atoms.